The van der Waals surface area contributed by atoms with E-state index >= 15 is 0 Å². The lowest BCUT2D eigenvalue weighted by atomic mass is 9.88. The molecule has 2 aromatic carbocycles. The summed E-state index contributed by atoms with van der Waals surface area (Å²) in [7, 11) is 4.09. The minimum Gasteiger partial charge on any atom is -0.319 e. The molecule has 2 aromatic rings. The Bertz CT molecular complexity index is 447. The van der Waals surface area contributed by atoms with Crippen molar-refractivity contribution >= 4 is 24.9 Å². The molecule has 1 nitrogen and oxygen atoms in total. The Balaban J connectivity index is 2.33. The molecule has 0 aliphatic carbocycles. The van der Waals surface area contributed by atoms with Crippen LogP contribution in [0.25, 0.3) is 0 Å². The molecule has 0 heterocycles. The summed E-state index contributed by atoms with van der Waals surface area (Å²) >= 11 is 5.94. The van der Waals surface area contributed by atoms with Crippen LogP contribution in [-0.4, -0.2) is 21.4 Å². The van der Waals surface area contributed by atoms with Crippen molar-refractivity contribution in [2.75, 3.05) is 13.6 Å². The van der Waals surface area contributed by atoms with Gasteiger partial charge in [-0.25, -0.2) is 0 Å². The zero-order valence-corrected chi connectivity index (χ0v) is 11.5. The van der Waals surface area contributed by atoms with Gasteiger partial charge in [0.25, 0.3) is 0 Å². The Kier molecular flexibility index (Phi) is 4.46. The van der Waals surface area contributed by atoms with E-state index in [4.69, 9.17) is 11.6 Å². The molecule has 0 aromatic heterocycles. The predicted octanol–water partition coefficient (Wildman–Crippen LogP) is 1.95. The fourth-order valence-corrected chi connectivity index (χ4v) is 2.25. The fraction of sp³-hybridized carbons (Fsp3) is 0.200. The minimum atomic E-state index is 0.368. The molecule has 0 radical (unpaired) electrons. The van der Waals surface area contributed by atoms with Gasteiger partial charge in [0.1, 0.15) is 7.85 Å². The summed E-state index contributed by atoms with van der Waals surface area (Å²) in [6, 6.07) is 16.8. The van der Waals surface area contributed by atoms with Crippen LogP contribution in [0.1, 0.15) is 17.0 Å². The van der Waals surface area contributed by atoms with Gasteiger partial charge in [0.15, 0.2) is 0 Å². The molecule has 0 amide bonds. The smallest absolute Gasteiger partial charge is 0.139 e. The number of nitrogens with one attached hydrogen (secondary N) is 1. The average Bonchev–Trinajstić information content (AvgIpc) is 2.39. The van der Waals surface area contributed by atoms with E-state index in [-0.39, 0.29) is 0 Å². The van der Waals surface area contributed by atoms with E-state index in [0.29, 0.717) is 5.92 Å². The van der Waals surface area contributed by atoms with Crippen LogP contribution in [-0.2, 0) is 0 Å². The van der Waals surface area contributed by atoms with Crippen molar-refractivity contribution < 1.29 is 0 Å². The largest absolute Gasteiger partial charge is 0.319 e. The van der Waals surface area contributed by atoms with E-state index in [1.165, 1.54) is 16.6 Å². The zero-order valence-electron chi connectivity index (χ0n) is 10.8. The molecule has 0 spiro atoms. The van der Waals surface area contributed by atoms with E-state index in [9.17, 15) is 0 Å². The minimum absolute atomic E-state index is 0.368. The molecular formula is C15H17BClN. The first kappa shape index (κ1) is 13.2. The van der Waals surface area contributed by atoms with E-state index in [1.807, 2.05) is 19.2 Å². The van der Waals surface area contributed by atoms with Crippen LogP contribution >= 0.6 is 11.6 Å². The Morgan fingerprint density at radius 2 is 1.50 bits per heavy atom. The summed E-state index contributed by atoms with van der Waals surface area (Å²) in [6.07, 6.45) is 0. The summed E-state index contributed by atoms with van der Waals surface area (Å²) in [4.78, 5) is 0. The molecular weight excluding hydrogens is 240 g/mol. The molecule has 0 bridgehead atoms. The van der Waals surface area contributed by atoms with Gasteiger partial charge in [0.2, 0.25) is 0 Å². The maximum atomic E-state index is 5.94. The number of benzene rings is 2. The second kappa shape index (κ2) is 6.08. The van der Waals surface area contributed by atoms with Crippen molar-refractivity contribution in [3.63, 3.8) is 0 Å². The van der Waals surface area contributed by atoms with Crippen LogP contribution in [0.3, 0.4) is 0 Å². The van der Waals surface area contributed by atoms with Crippen LogP contribution in [0.5, 0.6) is 0 Å². The quantitative estimate of drug-likeness (QED) is 0.826. The van der Waals surface area contributed by atoms with Crippen molar-refractivity contribution in [2.45, 2.75) is 5.92 Å². The first-order valence-electron chi connectivity index (χ1n) is 6.17. The third-order valence-electron chi connectivity index (χ3n) is 3.16. The highest BCUT2D eigenvalue weighted by atomic mass is 35.5. The summed E-state index contributed by atoms with van der Waals surface area (Å²) in [5.41, 5.74) is 3.91. The summed E-state index contributed by atoms with van der Waals surface area (Å²) < 4.78 is 0. The normalized spacial score (nSPS) is 12.3. The number of hydrogen-bond donors (Lipinski definition) is 1. The number of rotatable bonds is 4. The lowest BCUT2D eigenvalue weighted by Crippen LogP contribution is -2.18. The van der Waals surface area contributed by atoms with E-state index in [1.54, 1.807) is 0 Å². The monoisotopic (exact) mass is 257 g/mol. The highest BCUT2D eigenvalue weighted by Gasteiger charge is 2.12. The van der Waals surface area contributed by atoms with Gasteiger partial charge >= 0.3 is 0 Å². The van der Waals surface area contributed by atoms with Crippen LogP contribution in [0.4, 0.5) is 0 Å². The van der Waals surface area contributed by atoms with Crippen LogP contribution in [0, 0.1) is 0 Å². The first-order chi connectivity index (χ1) is 8.70. The molecule has 0 saturated heterocycles. The molecule has 0 aliphatic heterocycles. The molecule has 2 rings (SSSR count). The molecule has 1 atom stereocenters. The second-order valence-electron chi connectivity index (χ2n) is 4.57. The summed E-state index contributed by atoms with van der Waals surface area (Å²) in [5, 5.41) is 4.04. The number of hydrogen-bond acceptors (Lipinski definition) is 1. The fourth-order valence-electron chi connectivity index (χ4n) is 2.13. The molecule has 0 saturated carbocycles. The standard InChI is InChI=1S/C15H17BClN/c1-18-10-15(11-2-6-13(16)7-3-11)12-4-8-14(17)9-5-12/h2-9,15,18H,10,16H2,1H3. The maximum Gasteiger partial charge on any atom is 0.139 e. The van der Waals surface area contributed by atoms with Gasteiger partial charge in [-0.3, -0.25) is 0 Å². The molecule has 92 valence electrons. The molecule has 3 heteroatoms. The Morgan fingerprint density at radius 3 is 2.00 bits per heavy atom. The summed E-state index contributed by atoms with van der Waals surface area (Å²) in [6.45, 7) is 0.921. The third kappa shape index (κ3) is 3.15. The Labute approximate surface area is 115 Å². The molecule has 0 aliphatic rings. The van der Waals surface area contributed by atoms with Crippen molar-refractivity contribution in [3.05, 3.63) is 64.7 Å². The van der Waals surface area contributed by atoms with Gasteiger partial charge < -0.3 is 5.32 Å². The van der Waals surface area contributed by atoms with E-state index < -0.39 is 0 Å². The van der Waals surface area contributed by atoms with Crippen LogP contribution in [0.2, 0.25) is 5.02 Å². The average molecular weight is 258 g/mol. The van der Waals surface area contributed by atoms with Crippen molar-refractivity contribution in [2.24, 2.45) is 0 Å². The van der Waals surface area contributed by atoms with Crippen molar-refractivity contribution in [1.29, 1.82) is 0 Å². The first-order valence-corrected chi connectivity index (χ1v) is 6.55. The lowest BCUT2D eigenvalue weighted by molar-refractivity contribution is 0.708. The van der Waals surface area contributed by atoms with Gasteiger partial charge in [-0.05, 0) is 30.3 Å². The topological polar surface area (TPSA) is 12.0 Å². The van der Waals surface area contributed by atoms with Crippen molar-refractivity contribution in [3.8, 4) is 0 Å². The maximum absolute atomic E-state index is 5.94. The zero-order chi connectivity index (χ0) is 13.0. The molecule has 0 fully saturated rings. The van der Waals surface area contributed by atoms with E-state index in [2.05, 4.69) is 49.6 Å². The van der Waals surface area contributed by atoms with Gasteiger partial charge in [-0.1, -0.05) is 53.5 Å². The summed E-state index contributed by atoms with van der Waals surface area (Å²) in [5.74, 6) is 0.368. The van der Waals surface area contributed by atoms with Crippen molar-refractivity contribution in [1.82, 2.24) is 5.32 Å². The van der Waals surface area contributed by atoms with Gasteiger partial charge in [-0.2, -0.15) is 0 Å². The number of likely N-dealkylation sites (N-methyl/N-ethyl adjacent to an activating group) is 1. The molecule has 18 heavy (non-hydrogen) atoms. The highest BCUT2D eigenvalue weighted by Crippen LogP contribution is 2.24. The van der Waals surface area contributed by atoms with Gasteiger partial charge in [-0.15, -0.1) is 0 Å². The van der Waals surface area contributed by atoms with Crippen LogP contribution in [0.15, 0.2) is 48.5 Å². The second-order valence-corrected chi connectivity index (χ2v) is 5.01. The lowest BCUT2D eigenvalue weighted by Gasteiger charge is -2.18. The molecule has 1 unspecified atom stereocenters. The predicted molar refractivity (Wildman–Crippen MR) is 81.8 cm³/mol. The Hall–Kier alpha value is -1.25. The SMILES string of the molecule is Bc1ccc(C(CNC)c2ccc(Cl)cc2)cc1. The van der Waals surface area contributed by atoms with Gasteiger partial charge in [0, 0.05) is 17.5 Å². The van der Waals surface area contributed by atoms with E-state index in [0.717, 1.165) is 11.6 Å². The van der Waals surface area contributed by atoms with Gasteiger partial charge in [0.05, 0.1) is 0 Å². The molecule has 1 N–H and O–H groups in total. The highest BCUT2D eigenvalue weighted by molar-refractivity contribution is 6.32. The van der Waals surface area contributed by atoms with Crippen LogP contribution < -0.4 is 10.8 Å². The third-order valence-corrected chi connectivity index (χ3v) is 3.41. The number of halogens is 1. The Morgan fingerprint density at radius 1 is 1.00 bits per heavy atom.